The molecule has 0 saturated carbocycles. The lowest BCUT2D eigenvalue weighted by molar-refractivity contribution is 0.0684. The molecule has 0 radical (unpaired) electrons. The van der Waals surface area contributed by atoms with Crippen LogP contribution in [0.25, 0.3) is 0 Å². The fourth-order valence-electron chi connectivity index (χ4n) is 2.99. The van der Waals surface area contributed by atoms with Crippen LogP contribution in [0.15, 0.2) is 29.4 Å². The van der Waals surface area contributed by atoms with Crippen LogP contribution in [0.5, 0.6) is 0 Å². The third-order valence-electron chi connectivity index (χ3n) is 4.47. The fraction of sp³-hybridized carbons (Fsp3) is 0.611. The standard InChI is InChI=1S/C18H28N2O2/c1-3-18(19-21)17-9-7-16(8-10-17)14-22-13-12-20-11-5-4-6-15(20)2/h7-10,15,21H,3-6,11-14H2,1-2H3/b19-18-. The van der Waals surface area contributed by atoms with Gasteiger partial charge in [0.2, 0.25) is 0 Å². The molecule has 0 aliphatic carbocycles. The van der Waals surface area contributed by atoms with Gasteiger partial charge in [-0.3, -0.25) is 4.90 Å². The van der Waals surface area contributed by atoms with Crippen LogP contribution in [-0.4, -0.2) is 41.6 Å². The zero-order chi connectivity index (χ0) is 15.8. The number of benzene rings is 1. The quantitative estimate of drug-likeness (QED) is 0.362. The maximum absolute atomic E-state index is 8.93. The molecule has 22 heavy (non-hydrogen) atoms. The van der Waals surface area contributed by atoms with Gasteiger partial charge < -0.3 is 9.94 Å². The number of nitrogens with zero attached hydrogens (tertiary/aromatic N) is 2. The van der Waals surface area contributed by atoms with E-state index in [0.29, 0.717) is 18.4 Å². The summed E-state index contributed by atoms with van der Waals surface area (Å²) in [4.78, 5) is 2.53. The highest BCUT2D eigenvalue weighted by molar-refractivity contribution is 5.99. The lowest BCUT2D eigenvalue weighted by Crippen LogP contribution is -2.39. The minimum absolute atomic E-state index is 0.639. The first kappa shape index (κ1) is 17.0. The van der Waals surface area contributed by atoms with Crippen LogP contribution in [0.3, 0.4) is 0 Å². The van der Waals surface area contributed by atoms with E-state index in [1.807, 2.05) is 31.2 Å². The average Bonchev–Trinajstić information content (AvgIpc) is 2.55. The third kappa shape index (κ3) is 4.82. The number of hydrogen-bond donors (Lipinski definition) is 1. The molecule has 0 amide bonds. The highest BCUT2D eigenvalue weighted by Gasteiger charge is 2.17. The van der Waals surface area contributed by atoms with Gasteiger partial charge >= 0.3 is 0 Å². The average molecular weight is 304 g/mol. The smallest absolute Gasteiger partial charge is 0.0865 e. The van der Waals surface area contributed by atoms with Crippen molar-refractivity contribution in [3.05, 3.63) is 35.4 Å². The highest BCUT2D eigenvalue weighted by atomic mass is 16.5. The second-order valence-corrected chi connectivity index (χ2v) is 6.03. The summed E-state index contributed by atoms with van der Waals surface area (Å²) in [5.74, 6) is 0. The molecule has 0 bridgehead atoms. The number of ether oxygens (including phenoxy) is 1. The maximum atomic E-state index is 8.93. The van der Waals surface area contributed by atoms with Gasteiger partial charge in [-0.1, -0.05) is 42.8 Å². The molecule has 1 heterocycles. The Hall–Kier alpha value is -1.39. The second-order valence-electron chi connectivity index (χ2n) is 6.03. The molecular formula is C18H28N2O2. The van der Waals surface area contributed by atoms with E-state index in [-0.39, 0.29) is 0 Å². The topological polar surface area (TPSA) is 45.1 Å². The first-order valence-electron chi connectivity index (χ1n) is 8.36. The lowest BCUT2D eigenvalue weighted by Gasteiger charge is -2.33. The van der Waals surface area contributed by atoms with Crippen molar-refractivity contribution >= 4 is 5.71 Å². The van der Waals surface area contributed by atoms with Crippen LogP contribution in [0.2, 0.25) is 0 Å². The van der Waals surface area contributed by atoms with E-state index in [4.69, 9.17) is 9.94 Å². The Labute approximate surface area is 133 Å². The molecule has 0 aromatic heterocycles. The van der Waals surface area contributed by atoms with E-state index in [1.165, 1.54) is 25.8 Å². The molecule has 4 heteroatoms. The molecule has 1 atom stereocenters. The number of hydrogen-bond acceptors (Lipinski definition) is 4. The van der Waals surface area contributed by atoms with Crippen molar-refractivity contribution in [2.75, 3.05) is 19.7 Å². The van der Waals surface area contributed by atoms with E-state index < -0.39 is 0 Å². The highest BCUT2D eigenvalue weighted by Crippen LogP contribution is 2.15. The maximum Gasteiger partial charge on any atom is 0.0865 e. The Kier molecular flexibility index (Phi) is 6.87. The fourth-order valence-corrected chi connectivity index (χ4v) is 2.99. The first-order chi connectivity index (χ1) is 10.7. The summed E-state index contributed by atoms with van der Waals surface area (Å²) in [6.07, 6.45) is 4.72. The predicted octanol–water partition coefficient (Wildman–Crippen LogP) is 3.67. The first-order valence-corrected chi connectivity index (χ1v) is 8.36. The summed E-state index contributed by atoms with van der Waals surface area (Å²) < 4.78 is 5.80. The monoisotopic (exact) mass is 304 g/mol. The van der Waals surface area contributed by atoms with Gasteiger partial charge in [-0.2, -0.15) is 0 Å². The van der Waals surface area contributed by atoms with Crippen LogP contribution in [-0.2, 0) is 11.3 Å². The SMILES string of the molecule is CC/C(=N/O)c1ccc(COCCN2CCCCC2C)cc1. The van der Waals surface area contributed by atoms with Crippen molar-refractivity contribution in [3.8, 4) is 0 Å². The molecule has 0 spiro atoms. The van der Waals surface area contributed by atoms with Crippen LogP contribution in [0.1, 0.15) is 50.7 Å². The summed E-state index contributed by atoms with van der Waals surface area (Å²) in [7, 11) is 0. The van der Waals surface area contributed by atoms with Crippen molar-refractivity contribution < 1.29 is 9.94 Å². The minimum Gasteiger partial charge on any atom is -0.411 e. The van der Waals surface area contributed by atoms with Crippen LogP contribution in [0, 0.1) is 0 Å². The molecule has 1 aliphatic heterocycles. The van der Waals surface area contributed by atoms with E-state index >= 15 is 0 Å². The number of likely N-dealkylation sites (tertiary alicyclic amines) is 1. The molecule has 1 fully saturated rings. The molecule has 1 aromatic carbocycles. The van der Waals surface area contributed by atoms with Crippen LogP contribution < -0.4 is 0 Å². The summed E-state index contributed by atoms with van der Waals surface area (Å²) in [5, 5.41) is 12.2. The largest absolute Gasteiger partial charge is 0.411 e. The van der Waals surface area contributed by atoms with E-state index in [1.54, 1.807) is 0 Å². The van der Waals surface area contributed by atoms with Gasteiger partial charge in [0.25, 0.3) is 0 Å². The summed E-state index contributed by atoms with van der Waals surface area (Å²) in [6.45, 7) is 7.94. The second kappa shape index (κ2) is 8.91. The molecule has 1 aliphatic rings. The van der Waals surface area contributed by atoms with Gasteiger partial charge in [-0.05, 0) is 43.9 Å². The summed E-state index contributed by atoms with van der Waals surface area (Å²) in [5.41, 5.74) is 2.84. The zero-order valence-corrected chi connectivity index (χ0v) is 13.8. The molecule has 1 saturated heterocycles. The van der Waals surface area contributed by atoms with Gasteiger partial charge in [0.15, 0.2) is 0 Å². The van der Waals surface area contributed by atoms with Gasteiger partial charge in [-0.15, -0.1) is 0 Å². The predicted molar refractivity (Wildman–Crippen MR) is 89.6 cm³/mol. The molecule has 2 rings (SSSR count). The summed E-state index contributed by atoms with van der Waals surface area (Å²) in [6, 6.07) is 8.76. The van der Waals surface area contributed by atoms with Crippen molar-refractivity contribution in [3.63, 3.8) is 0 Å². The Balaban J connectivity index is 1.73. The Morgan fingerprint density at radius 3 is 2.73 bits per heavy atom. The molecule has 1 N–H and O–H groups in total. The Morgan fingerprint density at radius 2 is 2.09 bits per heavy atom. The normalized spacial score (nSPS) is 20.3. The van der Waals surface area contributed by atoms with Gasteiger partial charge in [-0.25, -0.2) is 0 Å². The number of piperidine rings is 1. The summed E-state index contributed by atoms with van der Waals surface area (Å²) >= 11 is 0. The molecule has 1 unspecified atom stereocenters. The van der Waals surface area contributed by atoms with E-state index in [2.05, 4.69) is 17.0 Å². The van der Waals surface area contributed by atoms with Crippen molar-refractivity contribution in [2.24, 2.45) is 5.16 Å². The molecule has 122 valence electrons. The van der Waals surface area contributed by atoms with Crippen LogP contribution in [0.4, 0.5) is 0 Å². The number of rotatable bonds is 7. The Bertz CT molecular complexity index is 470. The van der Waals surface area contributed by atoms with E-state index in [0.717, 1.165) is 30.7 Å². The zero-order valence-electron chi connectivity index (χ0n) is 13.8. The Morgan fingerprint density at radius 1 is 1.32 bits per heavy atom. The van der Waals surface area contributed by atoms with Crippen molar-refractivity contribution in [1.82, 2.24) is 4.90 Å². The molecule has 4 nitrogen and oxygen atoms in total. The van der Waals surface area contributed by atoms with Crippen LogP contribution >= 0.6 is 0 Å². The van der Waals surface area contributed by atoms with Crippen molar-refractivity contribution in [2.45, 2.75) is 52.2 Å². The van der Waals surface area contributed by atoms with Gasteiger partial charge in [0, 0.05) is 12.6 Å². The molecular weight excluding hydrogens is 276 g/mol. The molecule has 1 aromatic rings. The number of oxime groups is 1. The van der Waals surface area contributed by atoms with Crippen molar-refractivity contribution in [1.29, 1.82) is 0 Å². The van der Waals surface area contributed by atoms with E-state index in [9.17, 15) is 0 Å². The lowest BCUT2D eigenvalue weighted by atomic mass is 10.0. The van der Waals surface area contributed by atoms with Gasteiger partial charge in [0.1, 0.15) is 0 Å². The minimum atomic E-state index is 0.639. The van der Waals surface area contributed by atoms with Gasteiger partial charge in [0.05, 0.1) is 18.9 Å². The third-order valence-corrected chi connectivity index (χ3v) is 4.47.